The third-order valence-corrected chi connectivity index (χ3v) is 7.90. The fourth-order valence-corrected chi connectivity index (χ4v) is 5.98. The predicted molar refractivity (Wildman–Crippen MR) is 131 cm³/mol. The van der Waals surface area contributed by atoms with E-state index in [1.165, 1.54) is 78.5 Å². The first-order valence-electron chi connectivity index (χ1n) is 11.8. The number of benzene rings is 2. The maximum Gasteiger partial charge on any atom is 0.119 e. The van der Waals surface area contributed by atoms with Crippen molar-refractivity contribution in [2.45, 2.75) is 50.5 Å². The third kappa shape index (κ3) is 4.56. The zero-order valence-electron chi connectivity index (χ0n) is 17.9. The topological polar surface area (TPSA) is 15.7 Å². The van der Waals surface area contributed by atoms with Crippen molar-refractivity contribution in [3.05, 3.63) is 62.7 Å². The maximum absolute atomic E-state index is 6.22. The molecule has 2 aromatic carbocycles. The van der Waals surface area contributed by atoms with Gasteiger partial charge in [-0.15, -0.1) is 0 Å². The summed E-state index contributed by atoms with van der Waals surface area (Å²) in [5.74, 6) is 1.53. The van der Waals surface area contributed by atoms with Gasteiger partial charge in [0.05, 0.1) is 6.61 Å². The largest absolute Gasteiger partial charge is 0.494 e. The van der Waals surface area contributed by atoms with Crippen LogP contribution < -0.4 is 4.74 Å². The summed E-state index contributed by atoms with van der Waals surface area (Å²) in [6, 6.07) is 16.6. The molecule has 4 heteroatoms. The third-order valence-electron chi connectivity index (χ3n) is 7.18. The highest BCUT2D eigenvalue weighted by molar-refractivity contribution is 14.1. The lowest BCUT2D eigenvalue weighted by atomic mass is 9.81. The van der Waals surface area contributed by atoms with Crippen LogP contribution in [0.4, 0.5) is 0 Å². The molecule has 160 valence electrons. The van der Waals surface area contributed by atoms with E-state index in [1.807, 2.05) is 0 Å². The van der Waals surface area contributed by atoms with Crippen molar-refractivity contribution in [2.75, 3.05) is 39.3 Å². The molecule has 2 fully saturated rings. The molecule has 0 aromatic heterocycles. The molecule has 0 amide bonds. The fraction of sp³-hybridized carbons (Fsp3) is 0.538. The lowest BCUT2D eigenvalue weighted by molar-refractivity contribution is 0.204. The molecule has 0 saturated carbocycles. The number of likely N-dealkylation sites (tertiary alicyclic amines) is 1. The van der Waals surface area contributed by atoms with Crippen molar-refractivity contribution in [3.63, 3.8) is 0 Å². The van der Waals surface area contributed by atoms with E-state index in [4.69, 9.17) is 4.74 Å². The summed E-state index contributed by atoms with van der Waals surface area (Å²) in [4.78, 5) is 5.30. The minimum absolute atomic E-state index is 0.472. The van der Waals surface area contributed by atoms with Gasteiger partial charge in [0.25, 0.3) is 0 Å². The van der Waals surface area contributed by atoms with E-state index in [0.717, 1.165) is 25.3 Å². The van der Waals surface area contributed by atoms with Crippen LogP contribution in [0.3, 0.4) is 0 Å². The van der Waals surface area contributed by atoms with Crippen molar-refractivity contribution in [3.8, 4) is 5.75 Å². The summed E-state index contributed by atoms with van der Waals surface area (Å²) < 4.78 is 7.53. The van der Waals surface area contributed by atoms with E-state index in [9.17, 15) is 0 Å². The van der Waals surface area contributed by atoms with Crippen LogP contribution in [0.1, 0.15) is 67.2 Å². The minimum atomic E-state index is 0.472. The number of halogens is 1. The van der Waals surface area contributed by atoms with Crippen molar-refractivity contribution in [1.29, 1.82) is 0 Å². The minimum Gasteiger partial charge on any atom is -0.494 e. The molecule has 0 aliphatic carbocycles. The van der Waals surface area contributed by atoms with Crippen molar-refractivity contribution in [2.24, 2.45) is 0 Å². The van der Waals surface area contributed by atoms with Gasteiger partial charge in [-0.2, -0.15) is 0 Å². The van der Waals surface area contributed by atoms with Gasteiger partial charge in [-0.1, -0.05) is 24.6 Å². The summed E-state index contributed by atoms with van der Waals surface area (Å²) in [5.41, 5.74) is 4.47. The van der Waals surface area contributed by atoms with Gasteiger partial charge in [0.2, 0.25) is 0 Å². The van der Waals surface area contributed by atoms with Gasteiger partial charge in [0.15, 0.2) is 0 Å². The molecular weight excluding hydrogens is 483 g/mol. The average molecular weight is 516 g/mol. The summed E-state index contributed by atoms with van der Waals surface area (Å²) in [6.45, 7) is 6.92. The van der Waals surface area contributed by atoms with Crippen LogP contribution in [-0.4, -0.2) is 49.1 Å². The molecule has 0 spiro atoms. The van der Waals surface area contributed by atoms with Gasteiger partial charge in [-0.25, -0.2) is 0 Å². The monoisotopic (exact) mass is 516 g/mol. The predicted octanol–water partition coefficient (Wildman–Crippen LogP) is 5.83. The number of ether oxygens (including phenoxy) is 1. The Balaban J connectivity index is 1.29. The number of nitrogens with zero attached hydrogens (tertiary/aromatic N) is 2. The Morgan fingerprint density at radius 1 is 0.900 bits per heavy atom. The van der Waals surface area contributed by atoms with Crippen LogP contribution in [0.5, 0.6) is 5.75 Å². The number of hydrogen-bond acceptors (Lipinski definition) is 3. The molecule has 2 atom stereocenters. The normalized spacial score (nSPS) is 24.4. The number of fused-ring (bicyclic) bond motifs is 3. The first kappa shape index (κ1) is 20.8. The van der Waals surface area contributed by atoms with E-state index in [1.54, 1.807) is 0 Å². The van der Waals surface area contributed by atoms with Gasteiger partial charge in [0, 0.05) is 28.6 Å². The lowest BCUT2D eigenvalue weighted by Gasteiger charge is -2.37. The van der Waals surface area contributed by atoms with Crippen LogP contribution in [-0.2, 0) is 0 Å². The fourth-order valence-electron chi connectivity index (χ4n) is 5.62. The van der Waals surface area contributed by atoms with Gasteiger partial charge < -0.3 is 9.64 Å². The maximum atomic E-state index is 6.22. The van der Waals surface area contributed by atoms with Gasteiger partial charge in [-0.3, -0.25) is 4.90 Å². The molecule has 30 heavy (non-hydrogen) atoms. The Labute approximate surface area is 194 Å². The molecular formula is C26H33IN2O. The second-order valence-electron chi connectivity index (χ2n) is 9.15. The quantitative estimate of drug-likeness (QED) is 0.355. The molecule has 2 saturated heterocycles. The van der Waals surface area contributed by atoms with Crippen molar-refractivity contribution >= 4 is 22.6 Å². The summed E-state index contributed by atoms with van der Waals surface area (Å²) in [7, 11) is 0. The molecule has 0 radical (unpaired) electrons. The molecule has 0 bridgehead atoms. The van der Waals surface area contributed by atoms with Crippen LogP contribution in [0.15, 0.2) is 42.5 Å². The molecule has 0 unspecified atom stereocenters. The average Bonchev–Trinajstić information content (AvgIpc) is 3.26. The van der Waals surface area contributed by atoms with E-state index < -0.39 is 0 Å². The Morgan fingerprint density at radius 3 is 2.57 bits per heavy atom. The Kier molecular flexibility index (Phi) is 6.63. The summed E-state index contributed by atoms with van der Waals surface area (Å²) in [6.07, 6.45) is 7.85. The molecule has 3 nitrogen and oxygen atoms in total. The zero-order chi connectivity index (χ0) is 20.3. The Morgan fingerprint density at radius 2 is 1.73 bits per heavy atom. The SMILES string of the molecule is Ic1ccc([C@@H]2CN3CCC[C@@H]3c3cc(OCCCN4CCCCC4)ccc32)cc1. The standard InChI is InChI=1S/C26H33IN2O/c27-21-9-7-20(8-10-21)25-19-29-16-4-6-26(29)24-18-22(11-12-23(24)25)30-17-5-15-28-13-2-1-3-14-28/h7-12,18,25-26H,1-6,13-17,19H2/t25-,26+/m0/s1. The molecule has 2 aromatic rings. The highest BCUT2D eigenvalue weighted by atomic mass is 127. The van der Waals surface area contributed by atoms with Gasteiger partial charge in [0.1, 0.15) is 5.75 Å². The summed E-state index contributed by atoms with van der Waals surface area (Å²) >= 11 is 2.40. The Bertz CT molecular complexity index is 847. The molecule has 0 N–H and O–H groups in total. The molecule has 3 heterocycles. The molecule has 3 aliphatic heterocycles. The van der Waals surface area contributed by atoms with Crippen LogP contribution in [0, 0.1) is 3.57 Å². The highest BCUT2D eigenvalue weighted by Gasteiger charge is 2.36. The first-order chi connectivity index (χ1) is 14.8. The second-order valence-corrected chi connectivity index (χ2v) is 10.4. The van der Waals surface area contributed by atoms with Gasteiger partial charge in [-0.05, 0) is 115 Å². The molecule has 3 aliphatic rings. The zero-order valence-corrected chi connectivity index (χ0v) is 20.0. The van der Waals surface area contributed by atoms with Crippen molar-refractivity contribution < 1.29 is 4.74 Å². The van der Waals surface area contributed by atoms with Crippen molar-refractivity contribution in [1.82, 2.24) is 9.80 Å². The smallest absolute Gasteiger partial charge is 0.119 e. The second kappa shape index (κ2) is 9.58. The number of rotatable bonds is 6. The van der Waals surface area contributed by atoms with Crippen LogP contribution >= 0.6 is 22.6 Å². The molecule has 5 rings (SSSR count). The van der Waals surface area contributed by atoms with Crippen LogP contribution in [0.25, 0.3) is 0 Å². The lowest BCUT2D eigenvalue weighted by Crippen LogP contribution is -2.34. The summed E-state index contributed by atoms with van der Waals surface area (Å²) in [5, 5.41) is 0. The van der Waals surface area contributed by atoms with E-state index >= 15 is 0 Å². The van der Waals surface area contributed by atoms with Gasteiger partial charge >= 0.3 is 0 Å². The first-order valence-corrected chi connectivity index (χ1v) is 12.8. The van der Waals surface area contributed by atoms with E-state index in [2.05, 4.69) is 74.9 Å². The highest BCUT2D eigenvalue weighted by Crippen LogP contribution is 2.45. The van der Waals surface area contributed by atoms with E-state index in [0.29, 0.717) is 12.0 Å². The Hall–Kier alpha value is -1.11. The van der Waals surface area contributed by atoms with E-state index in [-0.39, 0.29) is 0 Å². The number of piperidine rings is 1. The number of hydrogen-bond donors (Lipinski definition) is 0. The van der Waals surface area contributed by atoms with Crippen LogP contribution in [0.2, 0.25) is 0 Å².